The first kappa shape index (κ1) is 17.4. The van der Waals surface area contributed by atoms with Crippen molar-refractivity contribution in [3.8, 4) is 0 Å². The zero-order valence-electron chi connectivity index (χ0n) is 14.4. The lowest BCUT2D eigenvalue weighted by Gasteiger charge is -2.39. The summed E-state index contributed by atoms with van der Waals surface area (Å²) in [5, 5.41) is 10.8. The predicted octanol–water partition coefficient (Wildman–Crippen LogP) is 2.37. The van der Waals surface area contributed by atoms with Crippen molar-refractivity contribution in [1.29, 1.82) is 0 Å². The molecule has 5 heteroatoms. The van der Waals surface area contributed by atoms with Crippen LogP contribution in [0.3, 0.4) is 0 Å². The van der Waals surface area contributed by atoms with E-state index in [1.807, 2.05) is 4.90 Å². The summed E-state index contributed by atoms with van der Waals surface area (Å²) in [6.07, 6.45) is 3.08. The Morgan fingerprint density at radius 2 is 1.83 bits per heavy atom. The van der Waals surface area contributed by atoms with Gasteiger partial charge in [-0.15, -0.1) is 0 Å². The number of aliphatic hydroxyl groups is 1. The molecule has 0 radical (unpaired) electrons. The Bertz CT molecular complexity index is 576. The summed E-state index contributed by atoms with van der Waals surface area (Å²) in [6, 6.07) is 6.44. The normalized spacial score (nSPS) is 22.5. The van der Waals surface area contributed by atoms with Crippen LogP contribution in [0.4, 0.5) is 4.39 Å². The SMILES string of the molecule is CC1CCN(C(=O)CN2CCC(O)(c3ccccc3F)CC2)CC1. The van der Waals surface area contributed by atoms with E-state index in [1.165, 1.54) is 6.07 Å². The Balaban J connectivity index is 1.53. The standard InChI is InChI=1S/C19H27FN2O2/c1-15-6-10-22(11-7-15)18(23)14-21-12-8-19(24,9-13-21)16-4-2-3-5-17(16)20/h2-5,15,24H,6-14H2,1H3. The molecule has 2 saturated heterocycles. The molecule has 1 aromatic carbocycles. The maximum Gasteiger partial charge on any atom is 0.236 e. The van der Waals surface area contributed by atoms with Crippen LogP contribution in [0.5, 0.6) is 0 Å². The third-order valence-electron chi connectivity index (χ3n) is 5.55. The van der Waals surface area contributed by atoms with Gasteiger partial charge in [-0.2, -0.15) is 0 Å². The van der Waals surface area contributed by atoms with Gasteiger partial charge in [-0.1, -0.05) is 25.1 Å². The summed E-state index contributed by atoms with van der Waals surface area (Å²) in [5.41, 5.74) is -0.744. The number of hydrogen-bond donors (Lipinski definition) is 1. The van der Waals surface area contributed by atoms with Gasteiger partial charge in [-0.05, 0) is 37.7 Å². The number of amides is 1. The predicted molar refractivity (Wildman–Crippen MR) is 90.9 cm³/mol. The number of likely N-dealkylation sites (tertiary alicyclic amines) is 2. The molecule has 1 N–H and O–H groups in total. The van der Waals surface area contributed by atoms with Crippen molar-refractivity contribution in [1.82, 2.24) is 9.80 Å². The fourth-order valence-electron chi connectivity index (χ4n) is 3.74. The molecule has 0 saturated carbocycles. The van der Waals surface area contributed by atoms with Crippen LogP contribution in [0.15, 0.2) is 24.3 Å². The number of carbonyl (C=O) groups is 1. The molecule has 132 valence electrons. The summed E-state index contributed by atoms with van der Waals surface area (Å²) in [7, 11) is 0. The zero-order chi connectivity index (χ0) is 17.2. The van der Waals surface area contributed by atoms with Crippen LogP contribution in [-0.2, 0) is 10.4 Å². The number of benzene rings is 1. The van der Waals surface area contributed by atoms with E-state index in [0.29, 0.717) is 44.0 Å². The summed E-state index contributed by atoms with van der Waals surface area (Å²) in [6.45, 7) is 5.57. The number of piperidine rings is 2. The first-order chi connectivity index (χ1) is 11.5. The van der Waals surface area contributed by atoms with Crippen molar-refractivity contribution in [2.75, 3.05) is 32.7 Å². The maximum absolute atomic E-state index is 14.0. The molecule has 0 bridgehead atoms. The van der Waals surface area contributed by atoms with Crippen LogP contribution in [-0.4, -0.2) is 53.5 Å². The molecular formula is C19H27FN2O2. The average Bonchev–Trinajstić information content (AvgIpc) is 2.58. The molecule has 2 fully saturated rings. The molecule has 2 aliphatic heterocycles. The van der Waals surface area contributed by atoms with E-state index >= 15 is 0 Å². The van der Waals surface area contributed by atoms with Gasteiger partial charge < -0.3 is 10.0 Å². The lowest BCUT2D eigenvalue weighted by molar-refractivity contribution is -0.135. The summed E-state index contributed by atoms with van der Waals surface area (Å²) in [5.74, 6) is 0.532. The first-order valence-corrected chi connectivity index (χ1v) is 8.95. The van der Waals surface area contributed by atoms with Crippen molar-refractivity contribution >= 4 is 5.91 Å². The molecule has 0 aliphatic carbocycles. The summed E-state index contributed by atoms with van der Waals surface area (Å²) in [4.78, 5) is 16.5. The monoisotopic (exact) mass is 334 g/mol. The third kappa shape index (κ3) is 3.78. The average molecular weight is 334 g/mol. The molecule has 0 atom stereocenters. The molecule has 3 rings (SSSR count). The number of carbonyl (C=O) groups excluding carboxylic acids is 1. The van der Waals surface area contributed by atoms with E-state index < -0.39 is 5.60 Å². The number of hydrogen-bond acceptors (Lipinski definition) is 3. The third-order valence-corrected chi connectivity index (χ3v) is 5.55. The van der Waals surface area contributed by atoms with Crippen molar-refractivity contribution in [2.24, 2.45) is 5.92 Å². The Kier molecular flexibility index (Phi) is 5.21. The molecule has 24 heavy (non-hydrogen) atoms. The van der Waals surface area contributed by atoms with E-state index in [-0.39, 0.29) is 11.7 Å². The van der Waals surface area contributed by atoms with Gasteiger partial charge in [-0.25, -0.2) is 4.39 Å². The van der Waals surface area contributed by atoms with Crippen LogP contribution in [0.2, 0.25) is 0 Å². The fourth-order valence-corrected chi connectivity index (χ4v) is 3.74. The Morgan fingerprint density at radius 3 is 2.46 bits per heavy atom. The minimum absolute atomic E-state index is 0.179. The zero-order valence-corrected chi connectivity index (χ0v) is 14.4. The van der Waals surface area contributed by atoms with Gasteiger partial charge >= 0.3 is 0 Å². The number of rotatable bonds is 3. The molecule has 0 unspecified atom stereocenters. The highest BCUT2D eigenvalue weighted by Crippen LogP contribution is 2.34. The molecule has 4 nitrogen and oxygen atoms in total. The second-order valence-electron chi connectivity index (χ2n) is 7.35. The van der Waals surface area contributed by atoms with E-state index in [4.69, 9.17) is 0 Å². The smallest absolute Gasteiger partial charge is 0.236 e. The molecule has 2 heterocycles. The molecule has 1 aromatic rings. The van der Waals surface area contributed by atoms with Gasteiger partial charge in [0.05, 0.1) is 12.1 Å². The maximum atomic E-state index is 14.0. The van der Waals surface area contributed by atoms with Crippen LogP contribution < -0.4 is 0 Å². The van der Waals surface area contributed by atoms with Gasteiger partial charge in [0.1, 0.15) is 5.82 Å². The van der Waals surface area contributed by atoms with Gasteiger partial charge in [0, 0.05) is 31.7 Å². The first-order valence-electron chi connectivity index (χ1n) is 8.95. The second kappa shape index (κ2) is 7.19. The number of nitrogens with zero attached hydrogens (tertiary/aromatic N) is 2. The van der Waals surface area contributed by atoms with Crippen LogP contribution >= 0.6 is 0 Å². The molecular weight excluding hydrogens is 307 g/mol. The van der Waals surface area contributed by atoms with Crippen molar-refractivity contribution < 1.29 is 14.3 Å². The van der Waals surface area contributed by atoms with Crippen LogP contribution in [0.25, 0.3) is 0 Å². The Morgan fingerprint density at radius 1 is 1.21 bits per heavy atom. The van der Waals surface area contributed by atoms with E-state index in [1.54, 1.807) is 18.2 Å². The summed E-state index contributed by atoms with van der Waals surface area (Å²) < 4.78 is 14.0. The van der Waals surface area contributed by atoms with E-state index in [0.717, 1.165) is 25.9 Å². The molecule has 1 amide bonds. The molecule has 0 spiro atoms. The summed E-state index contributed by atoms with van der Waals surface area (Å²) >= 11 is 0. The van der Waals surface area contributed by atoms with E-state index in [9.17, 15) is 14.3 Å². The van der Waals surface area contributed by atoms with Crippen molar-refractivity contribution in [2.45, 2.75) is 38.2 Å². The second-order valence-corrected chi connectivity index (χ2v) is 7.35. The highest BCUT2D eigenvalue weighted by Gasteiger charge is 2.36. The quantitative estimate of drug-likeness (QED) is 0.923. The Labute approximate surface area is 143 Å². The van der Waals surface area contributed by atoms with Gasteiger partial charge in [0.15, 0.2) is 0 Å². The van der Waals surface area contributed by atoms with Gasteiger partial charge in [0.2, 0.25) is 5.91 Å². The fraction of sp³-hybridized carbons (Fsp3) is 0.632. The Hall–Kier alpha value is -1.46. The van der Waals surface area contributed by atoms with Gasteiger partial charge in [0.25, 0.3) is 0 Å². The van der Waals surface area contributed by atoms with E-state index in [2.05, 4.69) is 11.8 Å². The molecule has 2 aliphatic rings. The molecule has 0 aromatic heterocycles. The topological polar surface area (TPSA) is 43.8 Å². The lowest BCUT2D eigenvalue weighted by Crippen LogP contribution is -2.48. The minimum Gasteiger partial charge on any atom is -0.385 e. The number of halogens is 1. The van der Waals surface area contributed by atoms with Crippen molar-refractivity contribution in [3.63, 3.8) is 0 Å². The van der Waals surface area contributed by atoms with Crippen molar-refractivity contribution in [3.05, 3.63) is 35.6 Å². The largest absolute Gasteiger partial charge is 0.385 e. The lowest BCUT2D eigenvalue weighted by atomic mass is 9.84. The highest BCUT2D eigenvalue weighted by molar-refractivity contribution is 5.78. The van der Waals surface area contributed by atoms with Crippen LogP contribution in [0, 0.1) is 11.7 Å². The van der Waals surface area contributed by atoms with Gasteiger partial charge in [-0.3, -0.25) is 9.69 Å². The highest BCUT2D eigenvalue weighted by atomic mass is 19.1. The van der Waals surface area contributed by atoms with Crippen LogP contribution in [0.1, 0.15) is 38.2 Å². The minimum atomic E-state index is -1.12.